The number of anilines is 1. The number of carbonyl (C=O) groups excluding carboxylic acids is 1. The number of thiazole rings is 1. The molecule has 0 saturated carbocycles. The van der Waals surface area contributed by atoms with Crippen LogP contribution in [0.4, 0.5) is 5.13 Å². The van der Waals surface area contributed by atoms with Crippen molar-refractivity contribution in [2.24, 2.45) is 0 Å². The van der Waals surface area contributed by atoms with Gasteiger partial charge in [0, 0.05) is 11.4 Å². The number of aryl methyl sites for hydroxylation is 2. The molecule has 0 fully saturated rings. The summed E-state index contributed by atoms with van der Waals surface area (Å²) in [5.41, 5.74) is 0.939. The van der Waals surface area contributed by atoms with Crippen LogP contribution in [0.1, 0.15) is 30.2 Å². The Labute approximate surface area is 172 Å². The van der Waals surface area contributed by atoms with Crippen LogP contribution in [0.5, 0.6) is 5.75 Å². The van der Waals surface area contributed by atoms with E-state index in [9.17, 15) is 4.79 Å². The molecule has 9 heteroatoms. The van der Waals surface area contributed by atoms with Gasteiger partial charge in [0.2, 0.25) is 5.91 Å². The van der Waals surface area contributed by atoms with Gasteiger partial charge in [0.05, 0.1) is 10.9 Å². The number of para-hydroxylation sites is 1. The average Bonchev–Trinajstić information content (AvgIpc) is 3.22. The van der Waals surface area contributed by atoms with E-state index in [4.69, 9.17) is 4.74 Å². The summed E-state index contributed by atoms with van der Waals surface area (Å²) in [6.45, 7) is 8.81. The summed E-state index contributed by atoms with van der Waals surface area (Å²) >= 11 is 2.85. The maximum Gasteiger partial charge on any atom is 0.239 e. The molecule has 0 spiro atoms. The first-order chi connectivity index (χ1) is 13.5. The molecule has 2 aromatic heterocycles. The summed E-state index contributed by atoms with van der Waals surface area (Å²) < 4.78 is 7.74. The van der Waals surface area contributed by atoms with Crippen molar-refractivity contribution in [3.8, 4) is 5.75 Å². The third-order valence-corrected chi connectivity index (χ3v) is 6.20. The van der Waals surface area contributed by atoms with Crippen molar-refractivity contribution in [2.75, 3.05) is 5.32 Å². The van der Waals surface area contributed by atoms with E-state index < -0.39 is 0 Å². The third kappa shape index (κ3) is 4.90. The fourth-order valence-corrected chi connectivity index (χ4v) is 4.19. The van der Waals surface area contributed by atoms with E-state index in [-0.39, 0.29) is 11.2 Å². The van der Waals surface area contributed by atoms with E-state index in [1.807, 2.05) is 62.6 Å². The number of nitrogens with zero attached hydrogens (tertiary/aromatic N) is 4. The Kier molecular flexibility index (Phi) is 6.69. The molecule has 0 aliphatic heterocycles. The van der Waals surface area contributed by atoms with E-state index in [1.54, 1.807) is 0 Å². The molecule has 0 bridgehead atoms. The van der Waals surface area contributed by atoms with Crippen LogP contribution in [0.3, 0.4) is 0 Å². The topological polar surface area (TPSA) is 81.9 Å². The molecule has 1 amide bonds. The van der Waals surface area contributed by atoms with Gasteiger partial charge in [-0.15, -0.1) is 21.5 Å². The first-order valence-electron chi connectivity index (χ1n) is 8.99. The van der Waals surface area contributed by atoms with Crippen molar-refractivity contribution in [2.45, 2.75) is 51.3 Å². The van der Waals surface area contributed by atoms with Gasteiger partial charge in [-0.3, -0.25) is 4.79 Å². The van der Waals surface area contributed by atoms with Gasteiger partial charge in [-0.2, -0.15) is 0 Å². The summed E-state index contributed by atoms with van der Waals surface area (Å²) in [5.74, 6) is 1.41. The third-order valence-electron chi connectivity index (χ3n) is 4.13. The Hall–Kier alpha value is -2.39. The molecule has 0 radical (unpaired) electrons. The molecule has 148 valence electrons. The molecule has 0 unspecified atom stereocenters. The lowest BCUT2D eigenvalue weighted by atomic mass is 10.3. The molecule has 1 N–H and O–H groups in total. The van der Waals surface area contributed by atoms with Crippen molar-refractivity contribution in [3.63, 3.8) is 0 Å². The van der Waals surface area contributed by atoms with Gasteiger partial charge in [-0.05, 0) is 39.8 Å². The fourth-order valence-electron chi connectivity index (χ4n) is 2.44. The number of ether oxygens (including phenoxy) is 1. The van der Waals surface area contributed by atoms with Gasteiger partial charge < -0.3 is 14.6 Å². The summed E-state index contributed by atoms with van der Waals surface area (Å²) in [6.07, 6.45) is 0. The minimum atomic E-state index is -0.332. The number of thioether (sulfide) groups is 1. The monoisotopic (exact) mass is 417 g/mol. The van der Waals surface area contributed by atoms with Crippen molar-refractivity contribution >= 4 is 34.1 Å². The molecule has 0 saturated heterocycles. The molecule has 7 nitrogen and oxygen atoms in total. The zero-order valence-electron chi connectivity index (χ0n) is 16.3. The molecule has 0 aliphatic carbocycles. The Morgan fingerprint density at radius 2 is 2.04 bits per heavy atom. The number of hydrogen-bond donors (Lipinski definition) is 1. The van der Waals surface area contributed by atoms with E-state index >= 15 is 0 Å². The van der Waals surface area contributed by atoms with E-state index in [2.05, 4.69) is 20.5 Å². The normalized spacial score (nSPS) is 12.0. The molecule has 1 aromatic carbocycles. The smallest absolute Gasteiger partial charge is 0.239 e. The van der Waals surface area contributed by atoms with Gasteiger partial charge in [0.15, 0.2) is 16.1 Å². The highest BCUT2D eigenvalue weighted by molar-refractivity contribution is 8.00. The largest absolute Gasteiger partial charge is 0.486 e. The quantitative estimate of drug-likeness (QED) is 0.557. The number of carbonyl (C=O) groups is 1. The number of benzene rings is 1. The van der Waals surface area contributed by atoms with E-state index in [0.717, 1.165) is 22.1 Å². The van der Waals surface area contributed by atoms with Gasteiger partial charge in [0.25, 0.3) is 0 Å². The fraction of sp³-hybridized carbons (Fsp3) is 0.368. The maximum atomic E-state index is 12.5. The zero-order valence-corrected chi connectivity index (χ0v) is 17.9. The first kappa shape index (κ1) is 20.3. The lowest BCUT2D eigenvalue weighted by Crippen LogP contribution is -2.23. The van der Waals surface area contributed by atoms with Crippen LogP contribution >= 0.6 is 23.1 Å². The van der Waals surface area contributed by atoms with Gasteiger partial charge in [0.1, 0.15) is 12.4 Å². The average molecular weight is 418 g/mol. The Morgan fingerprint density at radius 1 is 1.29 bits per heavy atom. The predicted octanol–water partition coefficient (Wildman–Crippen LogP) is 4.07. The van der Waals surface area contributed by atoms with Crippen LogP contribution in [-0.4, -0.2) is 30.9 Å². The molecule has 3 rings (SSSR count). The second-order valence-electron chi connectivity index (χ2n) is 6.15. The highest BCUT2D eigenvalue weighted by Gasteiger charge is 2.21. The van der Waals surface area contributed by atoms with E-state index in [1.165, 1.54) is 23.1 Å². The lowest BCUT2D eigenvalue weighted by molar-refractivity contribution is -0.115. The first-order valence-corrected chi connectivity index (χ1v) is 10.7. The lowest BCUT2D eigenvalue weighted by Gasteiger charge is -2.12. The summed E-state index contributed by atoms with van der Waals surface area (Å²) in [7, 11) is 0. The van der Waals surface area contributed by atoms with Crippen LogP contribution < -0.4 is 10.1 Å². The SMILES string of the molecule is CCn1c(COc2ccccc2)nnc1S[C@@H](C)C(=O)Nc1nc(C)c(C)s1. The number of nitrogens with one attached hydrogen (secondary N) is 1. The van der Waals surface area contributed by atoms with Crippen molar-refractivity contribution in [1.82, 2.24) is 19.7 Å². The maximum absolute atomic E-state index is 12.5. The van der Waals surface area contributed by atoms with Crippen molar-refractivity contribution in [1.29, 1.82) is 0 Å². The highest BCUT2D eigenvalue weighted by Crippen LogP contribution is 2.26. The minimum Gasteiger partial charge on any atom is -0.486 e. The molecular formula is C19H23N5O2S2. The number of amides is 1. The van der Waals surface area contributed by atoms with Crippen LogP contribution in [0, 0.1) is 13.8 Å². The molecule has 1 atom stereocenters. The second kappa shape index (κ2) is 9.20. The molecular weight excluding hydrogens is 394 g/mol. The van der Waals surface area contributed by atoms with Crippen molar-refractivity contribution < 1.29 is 9.53 Å². The van der Waals surface area contributed by atoms with E-state index in [0.29, 0.717) is 23.4 Å². The second-order valence-corrected chi connectivity index (χ2v) is 8.67. The summed E-state index contributed by atoms with van der Waals surface area (Å²) in [5, 5.41) is 12.4. The Bertz CT molecular complexity index is 920. The predicted molar refractivity (Wildman–Crippen MR) is 112 cm³/mol. The molecule has 3 aromatic rings. The zero-order chi connectivity index (χ0) is 20.1. The number of aromatic nitrogens is 4. The summed E-state index contributed by atoms with van der Waals surface area (Å²) in [6, 6.07) is 9.59. The Balaban J connectivity index is 1.62. The molecule has 28 heavy (non-hydrogen) atoms. The van der Waals surface area contributed by atoms with Gasteiger partial charge in [-0.1, -0.05) is 30.0 Å². The van der Waals surface area contributed by atoms with Gasteiger partial charge in [-0.25, -0.2) is 4.98 Å². The molecule has 0 aliphatic rings. The van der Waals surface area contributed by atoms with Crippen LogP contribution in [0.15, 0.2) is 35.5 Å². The summed E-state index contributed by atoms with van der Waals surface area (Å²) in [4.78, 5) is 18.0. The van der Waals surface area contributed by atoms with Crippen LogP contribution in [-0.2, 0) is 17.9 Å². The van der Waals surface area contributed by atoms with Gasteiger partial charge >= 0.3 is 0 Å². The molecule has 2 heterocycles. The Morgan fingerprint density at radius 3 is 2.68 bits per heavy atom. The minimum absolute atomic E-state index is 0.105. The standard InChI is InChI=1S/C19H23N5O2S2/c1-5-24-16(11-26-15-9-7-6-8-10-15)22-23-19(24)28-14(4)17(25)21-18-20-12(2)13(3)27-18/h6-10,14H,5,11H2,1-4H3,(H,20,21,25)/t14-/m0/s1. The van der Waals surface area contributed by atoms with Crippen LogP contribution in [0.2, 0.25) is 0 Å². The van der Waals surface area contributed by atoms with Crippen LogP contribution in [0.25, 0.3) is 0 Å². The highest BCUT2D eigenvalue weighted by atomic mass is 32.2. The number of rotatable bonds is 8. The number of hydrogen-bond acceptors (Lipinski definition) is 7. The van der Waals surface area contributed by atoms with Crippen molar-refractivity contribution in [3.05, 3.63) is 46.7 Å².